The van der Waals surface area contributed by atoms with Gasteiger partial charge in [0.2, 0.25) is 0 Å². The number of hydrogen-bond donors (Lipinski definition) is 2. The van der Waals surface area contributed by atoms with Crippen LogP contribution in [0.4, 0.5) is 10.1 Å². The molecule has 4 nitrogen and oxygen atoms in total. The van der Waals surface area contributed by atoms with Crippen LogP contribution in [0.1, 0.15) is 18.4 Å². The minimum absolute atomic E-state index is 0.294. The van der Waals surface area contributed by atoms with Crippen molar-refractivity contribution in [2.75, 3.05) is 25.5 Å². The van der Waals surface area contributed by atoms with Gasteiger partial charge in [-0.25, -0.2) is 4.39 Å². The summed E-state index contributed by atoms with van der Waals surface area (Å²) in [7, 11) is 2.14. The molecule has 27 heavy (non-hydrogen) atoms. The monoisotopic (exact) mass is 451 g/mol. The number of likely N-dealkylation sites (tertiary alicyclic amines) is 1. The van der Waals surface area contributed by atoms with Gasteiger partial charge in [0.05, 0.1) is 5.69 Å². The number of anilines is 1. The highest BCUT2D eigenvalue weighted by Crippen LogP contribution is 2.20. The number of benzene rings is 2. The Labute approximate surface area is 173 Å². The van der Waals surface area contributed by atoms with Gasteiger partial charge in [0, 0.05) is 24.1 Å². The van der Waals surface area contributed by atoms with E-state index in [0.29, 0.717) is 27.9 Å². The third kappa shape index (κ3) is 6.16. The predicted molar refractivity (Wildman–Crippen MR) is 115 cm³/mol. The largest absolute Gasteiger partial charge is 0.490 e. The molecule has 0 aromatic heterocycles. The lowest BCUT2D eigenvalue weighted by Gasteiger charge is -2.29. The summed E-state index contributed by atoms with van der Waals surface area (Å²) < 4.78 is 20.6. The smallest absolute Gasteiger partial charge is 0.171 e. The second kappa shape index (κ2) is 9.48. The second-order valence-electron chi connectivity index (χ2n) is 6.70. The molecule has 0 bridgehead atoms. The maximum absolute atomic E-state index is 13.8. The molecule has 0 amide bonds. The first kappa shape index (κ1) is 20.0. The molecule has 144 valence electrons. The molecular weight excluding hydrogens is 429 g/mol. The fraction of sp³-hybridized carbons (Fsp3) is 0.350. The van der Waals surface area contributed by atoms with E-state index in [-0.39, 0.29) is 5.82 Å². The van der Waals surface area contributed by atoms with Gasteiger partial charge in [-0.05, 0) is 68.0 Å². The summed E-state index contributed by atoms with van der Waals surface area (Å²) in [5, 5.41) is 6.34. The predicted octanol–water partition coefficient (Wildman–Crippen LogP) is 4.55. The van der Waals surface area contributed by atoms with Crippen LogP contribution in [0.25, 0.3) is 0 Å². The topological polar surface area (TPSA) is 36.5 Å². The lowest BCUT2D eigenvalue weighted by Crippen LogP contribution is -2.35. The van der Waals surface area contributed by atoms with Crippen LogP contribution in [-0.2, 0) is 6.54 Å². The Morgan fingerprint density at radius 1 is 1.22 bits per heavy atom. The van der Waals surface area contributed by atoms with Crippen molar-refractivity contribution >= 4 is 38.9 Å². The molecule has 0 spiro atoms. The van der Waals surface area contributed by atoms with Crippen LogP contribution >= 0.6 is 28.1 Å². The number of rotatable bonds is 5. The molecule has 0 radical (unpaired) electrons. The Hall–Kier alpha value is -1.70. The molecule has 2 aromatic carbocycles. The molecule has 7 heteroatoms. The molecule has 2 N–H and O–H groups in total. The molecule has 1 heterocycles. The third-order valence-electron chi connectivity index (χ3n) is 4.52. The van der Waals surface area contributed by atoms with Gasteiger partial charge in [0.25, 0.3) is 0 Å². The van der Waals surface area contributed by atoms with Crippen molar-refractivity contribution in [1.82, 2.24) is 10.2 Å². The molecule has 0 aliphatic carbocycles. The number of ether oxygens (including phenoxy) is 1. The first-order valence-electron chi connectivity index (χ1n) is 8.93. The fourth-order valence-corrected chi connectivity index (χ4v) is 3.44. The summed E-state index contributed by atoms with van der Waals surface area (Å²) in [6.45, 7) is 2.71. The summed E-state index contributed by atoms with van der Waals surface area (Å²) in [6.07, 6.45) is 2.42. The SMILES string of the molecule is CN1CCC(Oc2ccc(CNC(=S)Nc3ccc(Br)cc3F)cc2)CC1. The molecule has 1 fully saturated rings. The number of nitrogens with zero attached hydrogens (tertiary/aromatic N) is 1. The van der Waals surface area contributed by atoms with Crippen LogP contribution in [0, 0.1) is 5.82 Å². The van der Waals surface area contributed by atoms with Crippen molar-refractivity contribution in [3.63, 3.8) is 0 Å². The van der Waals surface area contributed by atoms with Gasteiger partial charge in [-0.15, -0.1) is 0 Å². The molecular formula is C20H23BrFN3OS. The molecule has 3 rings (SSSR count). The normalized spacial score (nSPS) is 15.4. The molecule has 0 saturated carbocycles. The highest BCUT2D eigenvalue weighted by molar-refractivity contribution is 9.10. The van der Waals surface area contributed by atoms with Crippen LogP contribution in [0.5, 0.6) is 5.75 Å². The highest BCUT2D eigenvalue weighted by atomic mass is 79.9. The van der Waals surface area contributed by atoms with Crippen molar-refractivity contribution < 1.29 is 9.13 Å². The summed E-state index contributed by atoms with van der Waals surface area (Å²) in [6, 6.07) is 12.8. The van der Waals surface area contributed by atoms with Crippen molar-refractivity contribution in [2.24, 2.45) is 0 Å². The Bertz CT molecular complexity index is 779. The summed E-state index contributed by atoms with van der Waals surface area (Å²) in [5.74, 6) is 0.537. The van der Waals surface area contributed by atoms with Crippen LogP contribution in [0.3, 0.4) is 0 Å². The van der Waals surface area contributed by atoms with Gasteiger partial charge < -0.3 is 20.3 Å². The van der Waals surface area contributed by atoms with Crippen molar-refractivity contribution in [1.29, 1.82) is 0 Å². The van der Waals surface area contributed by atoms with E-state index in [4.69, 9.17) is 17.0 Å². The van der Waals surface area contributed by atoms with E-state index >= 15 is 0 Å². The van der Waals surface area contributed by atoms with E-state index in [9.17, 15) is 4.39 Å². The number of hydrogen-bond acceptors (Lipinski definition) is 3. The van der Waals surface area contributed by atoms with Gasteiger partial charge in [0.15, 0.2) is 5.11 Å². The molecule has 2 aromatic rings. The van der Waals surface area contributed by atoms with Gasteiger partial charge in [-0.3, -0.25) is 0 Å². The van der Waals surface area contributed by atoms with Gasteiger partial charge >= 0.3 is 0 Å². The minimum Gasteiger partial charge on any atom is -0.490 e. The first-order chi connectivity index (χ1) is 13.0. The molecule has 1 saturated heterocycles. The first-order valence-corrected chi connectivity index (χ1v) is 10.1. The fourth-order valence-electron chi connectivity index (χ4n) is 2.92. The van der Waals surface area contributed by atoms with E-state index in [0.717, 1.165) is 37.2 Å². The maximum atomic E-state index is 13.8. The van der Waals surface area contributed by atoms with E-state index in [1.165, 1.54) is 6.07 Å². The van der Waals surface area contributed by atoms with Crippen LogP contribution in [0.2, 0.25) is 0 Å². The van der Waals surface area contributed by atoms with E-state index in [2.05, 4.69) is 38.5 Å². The van der Waals surface area contributed by atoms with E-state index in [1.54, 1.807) is 12.1 Å². The zero-order valence-corrected chi connectivity index (χ0v) is 17.6. The molecule has 0 unspecified atom stereocenters. The number of piperidine rings is 1. The van der Waals surface area contributed by atoms with Crippen molar-refractivity contribution in [2.45, 2.75) is 25.5 Å². The highest BCUT2D eigenvalue weighted by Gasteiger charge is 2.17. The quantitative estimate of drug-likeness (QED) is 0.652. The van der Waals surface area contributed by atoms with E-state index in [1.807, 2.05) is 24.3 Å². The van der Waals surface area contributed by atoms with Gasteiger partial charge in [0.1, 0.15) is 17.7 Å². The molecule has 1 aliphatic rings. The number of halogens is 2. The van der Waals surface area contributed by atoms with Gasteiger partial charge in [-0.2, -0.15) is 0 Å². The Morgan fingerprint density at radius 2 is 1.93 bits per heavy atom. The third-order valence-corrected chi connectivity index (χ3v) is 5.26. The van der Waals surface area contributed by atoms with Crippen LogP contribution < -0.4 is 15.4 Å². The average Bonchev–Trinajstić information content (AvgIpc) is 2.65. The Kier molecular flexibility index (Phi) is 7.04. The summed E-state index contributed by atoms with van der Waals surface area (Å²) in [4.78, 5) is 2.33. The minimum atomic E-state index is -0.357. The van der Waals surface area contributed by atoms with Crippen LogP contribution in [-0.4, -0.2) is 36.3 Å². The maximum Gasteiger partial charge on any atom is 0.171 e. The van der Waals surface area contributed by atoms with Gasteiger partial charge in [-0.1, -0.05) is 28.1 Å². The van der Waals surface area contributed by atoms with Crippen LogP contribution in [0.15, 0.2) is 46.9 Å². The second-order valence-corrected chi connectivity index (χ2v) is 8.02. The summed E-state index contributed by atoms with van der Waals surface area (Å²) in [5.41, 5.74) is 1.42. The Morgan fingerprint density at radius 3 is 2.59 bits per heavy atom. The van der Waals surface area contributed by atoms with Crippen molar-refractivity contribution in [3.8, 4) is 5.75 Å². The zero-order valence-electron chi connectivity index (χ0n) is 15.2. The zero-order chi connectivity index (χ0) is 19.2. The van der Waals surface area contributed by atoms with Crippen molar-refractivity contribution in [3.05, 3.63) is 58.3 Å². The average molecular weight is 452 g/mol. The summed E-state index contributed by atoms with van der Waals surface area (Å²) >= 11 is 8.48. The Balaban J connectivity index is 1.46. The molecule has 0 atom stereocenters. The standard InChI is InChI=1S/C20H23BrFN3OS/c1-25-10-8-17(9-11-25)26-16-5-2-14(3-6-16)13-23-20(27)24-19-7-4-15(21)12-18(19)22/h2-7,12,17H,8-11,13H2,1H3,(H2,23,24,27). The van der Waals surface area contributed by atoms with E-state index < -0.39 is 0 Å². The lowest BCUT2D eigenvalue weighted by molar-refractivity contribution is 0.114. The lowest BCUT2D eigenvalue weighted by atomic mass is 10.1. The number of thiocarbonyl (C=S) groups is 1. The number of nitrogens with one attached hydrogen (secondary N) is 2. The molecule has 1 aliphatic heterocycles.